The van der Waals surface area contributed by atoms with Crippen molar-refractivity contribution >= 4 is 0 Å². The lowest BCUT2D eigenvalue weighted by atomic mass is 9.92. The molecule has 0 saturated heterocycles. The van der Waals surface area contributed by atoms with Gasteiger partial charge in [-0.3, -0.25) is 0 Å². The molecule has 0 aliphatic carbocycles. The minimum absolute atomic E-state index is 0.0312. The van der Waals surface area contributed by atoms with Crippen LogP contribution in [-0.2, 0) is 0 Å². The van der Waals surface area contributed by atoms with Crippen LogP contribution in [0.25, 0.3) is 0 Å². The number of nitrogens with one attached hydrogen (secondary N) is 1. The smallest absolute Gasteiger partial charge is 0.126 e. The van der Waals surface area contributed by atoms with Crippen LogP contribution in [-0.4, -0.2) is 11.7 Å². The summed E-state index contributed by atoms with van der Waals surface area (Å²) in [5.41, 5.74) is 3.49. The Kier molecular flexibility index (Phi) is 3.84. The minimum atomic E-state index is -0.0312. The van der Waals surface area contributed by atoms with Crippen molar-refractivity contribution in [2.24, 2.45) is 0 Å². The summed E-state index contributed by atoms with van der Waals surface area (Å²) in [7, 11) is 0. The van der Waals surface area contributed by atoms with Crippen LogP contribution in [0.3, 0.4) is 0 Å². The number of phenols is 1. The number of rotatable bonds is 3. The molecule has 2 aromatic carbocycles. The number of phenolic OH excluding ortho intramolecular Hbond substituents is 1. The molecule has 2 N–H and O–H groups in total. The molecule has 0 bridgehead atoms. The summed E-state index contributed by atoms with van der Waals surface area (Å²) in [6.45, 7) is 5.14. The Balaban J connectivity index is 1.95. The van der Waals surface area contributed by atoms with E-state index in [2.05, 4.69) is 31.3 Å². The maximum absolute atomic E-state index is 9.67. The van der Waals surface area contributed by atoms with Crippen LogP contribution in [0.15, 0.2) is 42.5 Å². The predicted molar refractivity (Wildman–Crippen MR) is 83.7 cm³/mol. The van der Waals surface area contributed by atoms with Crippen LogP contribution in [0.2, 0.25) is 0 Å². The molecule has 21 heavy (non-hydrogen) atoms. The van der Waals surface area contributed by atoms with Gasteiger partial charge in [-0.05, 0) is 37.2 Å². The van der Waals surface area contributed by atoms with E-state index in [0.29, 0.717) is 0 Å². The summed E-state index contributed by atoms with van der Waals surface area (Å²) in [6, 6.07) is 13.9. The number of hydrogen-bond acceptors (Lipinski definition) is 3. The zero-order chi connectivity index (χ0) is 14.8. The zero-order valence-electron chi connectivity index (χ0n) is 12.5. The SMILES string of the molecule is CCNC1CC(c2cccc(O)c2)Oc2ccc(C)cc21. The van der Waals surface area contributed by atoms with Gasteiger partial charge >= 0.3 is 0 Å². The molecule has 1 heterocycles. The highest BCUT2D eigenvalue weighted by molar-refractivity contribution is 5.42. The molecule has 3 heteroatoms. The molecule has 0 fully saturated rings. The van der Waals surface area contributed by atoms with Gasteiger partial charge in [0.25, 0.3) is 0 Å². The Bertz CT molecular complexity index is 639. The largest absolute Gasteiger partial charge is 0.508 e. The fraction of sp³-hybridized carbons (Fsp3) is 0.333. The Morgan fingerprint density at radius 3 is 2.86 bits per heavy atom. The molecule has 3 rings (SSSR count). The van der Waals surface area contributed by atoms with Crippen molar-refractivity contribution in [3.05, 3.63) is 59.2 Å². The molecule has 0 spiro atoms. The van der Waals surface area contributed by atoms with E-state index in [4.69, 9.17) is 4.74 Å². The van der Waals surface area contributed by atoms with Crippen molar-refractivity contribution < 1.29 is 9.84 Å². The zero-order valence-corrected chi connectivity index (χ0v) is 12.5. The van der Waals surface area contributed by atoms with Crippen molar-refractivity contribution in [3.8, 4) is 11.5 Å². The van der Waals surface area contributed by atoms with Crippen molar-refractivity contribution in [1.29, 1.82) is 0 Å². The molecule has 3 nitrogen and oxygen atoms in total. The first-order valence-corrected chi connectivity index (χ1v) is 7.47. The molecule has 2 aromatic rings. The monoisotopic (exact) mass is 283 g/mol. The molecule has 0 saturated carbocycles. The molecule has 1 aliphatic heterocycles. The molecular weight excluding hydrogens is 262 g/mol. The maximum Gasteiger partial charge on any atom is 0.126 e. The quantitative estimate of drug-likeness (QED) is 0.898. The third-order valence-electron chi connectivity index (χ3n) is 3.95. The minimum Gasteiger partial charge on any atom is -0.508 e. The molecule has 2 unspecified atom stereocenters. The lowest BCUT2D eigenvalue weighted by molar-refractivity contribution is 0.152. The van der Waals surface area contributed by atoms with Crippen LogP contribution in [0.1, 0.15) is 42.2 Å². The molecule has 1 aliphatic rings. The molecular formula is C18H21NO2. The van der Waals surface area contributed by atoms with Gasteiger partial charge in [-0.15, -0.1) is 0 Å². The average Bonchev–Trinajstić information content (AvgIpc) is 2.48. The molecule has 0 aromatic heterocycles. The van der Waals surface area contributed by atoms with Gasteiger partial charge in [0.1, 0.15) is 17.6 Å². The van der Waals surface area contributed by atoms with Crippen molar-refractivity contribution in [2.45, 2.75) is 32.4 Å². The highest BCUT2D eigenvalue weighted by Gasteiger charge is 2.28. The van der Waals surface area contributed by atoms with Gasteiger partial charge < -0.3 is 15.2 Å². The lowest BCUT2D eigenvalue weighted by Gasteiger charge is -2.33. The fourth-order valence-corrected chi connectivity index (χ4v) is 2.96. The maximum atomic E-state index is 9.67. The van der Waals surface area contributed by atoms with E-state index < -0.39 is 0 Å². The lowest BCUT2D eigenvalue weighted by Crippen LogP contribution is -2.29. The first kappa shape index (κ1) is 14.0. The van der Waals surface area contributed by atoms with Crippen LogP contribution in [0, 0.1) is 6.92 Å². The summed E-state index contributed by atoms with van der Waals surface area (Å²) >= 11 is 0. The number of aryl methyl sites for hydroxylation is 1. The van der Waals surface area contributed by atoms with Crippen LogP contribution >= 0.6 is 0 Å². The Morgan fingerprint density at radius 1 is 1.24 bits per heavy atom. The van der Waals surface area contributed by atoms with Crippen molar-refractivity contribution in [2.75, 3.05) is 6.54 Å². The Hall–Kier alpha value is -2.00. The summed E-state index contributed by atoms with van der Waals surface area (Å²) in [4.78, 5) is 0. The van der Waals surface area contributed by atoms with Crippen LogP contribution < -0.4 is 10.1 Å². The molecule has 2 atom stereocenters. The number of fused-ring (bicyclic) bond motifs is 1. The number of hydrogen-bond donors (Lipinski definition) is 2. The topological polar surface area (TPSA) is 41.5 Å². The standard InChI is InChI=1S/C18H21NO2/c1-3-19-16-11-18(13-5-4-6-14(20)10-13)21-17-8-7-12(2)9-15(16)17/h4-10,16,18-20H,3,11H2,1-2H3. The van der Waals surface area contributed by atoms with Gasteiger partial charge in [-0.25, -0.2) is 0 Å². The van der Waals surface area contributed by atoms with Gasteiger partial charge in [0, 0.05) is 18.0 Å². The first-order chi connectivity index (χ1) is 10.2. The third kappa shape index (κ3) is 2.88. The third-order valence-corrected chi connectivity index (χ3v) is 3.95. The van der Waals surface area contributed by atoms with Gasteiger partial charge in [-0.1, -0.05) is 36.8 Å². The normalized spacial score (nSPS) is 20.7. The van der Waals surface area contributed by atoms with Crippen LogP contribution in [0.4, 0.5) is 0 Å². The number of ether oxygens (including phenoxy) is 1. The summed E-state index contributed by atoms with van der Waals surface area (Å²) in [5.74, 6) is 1.22. The van der Waals surface area contributed by atoms with Gasteiger partial charge in [0.15, 0.2) is 0 Å². The second-order valence-electron chi connectivity index (χ2n) is 5.59. The highest BCUT2D eigenvalue weighted by atomic mass is 16.5. The number of benzene rings is 2. The van der Waals surface area contributed by atoms with E-state index in [9.17, 15) is 5.11 Å². The van der Waals surface area contributed by atoms with E-state index in [1.165, 1.54) is 11.1 Å². The van der Waals surface area contributed by atoms with Crippen molar-refractivity contribution in [1.82, 2.24) is 5.32 Å². The van der Waals surface area contributed by atoms with Gasteiger partial charge in [0.2, 0.25) is 0 Å². The summed E-state index contributed by atoms with van der Waals surface area (Å²) in [5, 5.41) is 13.2. The summed E-state index contributed by atoms with van der Waals surface area (Å²) < 4.78 is 6.15. The van der Waals surface area contributed by atoms with E-state index in [1.807, 2.05) is 18.2 Å². The molecule has 0 amide bonds. The fourth-order valence-electron chi connectivity index (χ4n) is 2.96. The van der Waals surface area contributed by atoms with E-state index >= 15 is 0 Å². The second-order valence-corrected chi connectivity index (χ2v) is 5.59. The molecule has 0 radical (unpaired) electrons. The average molecular weight is 283 g/mol. The summed E-state index contributed by atoms with van der Waals surface area (Å²) in [6.07, 6.45) is 0.838. The molecule has 110 valence electrons. The van der Waals surface area contributed by atoms with Crippen LogP contribution in [0.5, 0.6) is 11.5 Å². The second kappa shape index (κ2) is 5.78. The van der Waals surface area contributed by atoms with E-state index in [0.717, 1.165) is 24.3 Å². The van der Waals surface area contributed by atoms with Crippen molar-refractivity contribution in [3.63, 3.8) is 0 Å². The van der Waals surface area contributed by atoms with Gasteiger partial charge in [0.05, 0.1) is 0 Å². The first-order valence-electron chi connectivity index (χ1n) is 7.47. The van der Waals surface area contributed by atoms with Gasteiger partial charge in [-0.2, -0.15) is 0 Å². The van der Waals surface area contributed by atoms with E-state index in [-0.39, 0.29) is 17.9 Å². The van der Waals surface area contributed by atoms with E-state index in [1.54, 1.807) is 12.1 Å². The Labute approximate surface area is 125 Å². The number of aromatic hydroxyl groups is 1. The predicted octanol–water partition coefficient (Wildman–Crippen LogP) is 3.88. The highest BCUT2D eigenvalue weighted by Crippen LogP contribution is 2.41. The Morgan fingerprint density at radius 2 is 2.10 bits per heavy atom.